The minimum Gasteiger partial charge on any atom is -0.320 e. The topological polar surface area (TPSA) is 107 Å². The van der Waals surface area contributed by atoms with Crippen molar-refractivity contribution < 1.29 is 9.72 Å². The van der Waals surface area contributed by atoms with Gasteiger partial charge in [0.05, 0.1) is 22.6 Å². The van der Waals surface area contributed by atoms with Crippen LogP contribution in [-0.4, -0.2) is 26.1 Å². The minimum absolute atomic E-state index is 0.0378. The average molecular weight is 493 g/mol. The van der Waals surface area contributed by atoms with Gasteiger partial charge in [0.1, 0.15) is 10.5 Å². The fourth-order valence-corrected chi connectivity index (χ4v) is 6.23. The number of hydrogen-bond donors (Lipinski definition) is 1. The number of anilines is 1. The van der Waals surface area contributed by atoms with Crippen LogP contribution in [0.2, 0.25) is 0 Å². The Balaban J connectivity index is 1.45. The number of nitrogens with one attached hydrogen (secondary N) is 1. The Morgan fingerprint density at radius 2 is 1.91 bits per heavy atom. The Bertz CT molecular complexity index is 1460. The molecule has 0 atom stereocenters. The van der Waals surface area contributed by atoms with Crippen molar-refractivity contribution in [1.29, 1.82) is 0 Å². The third-order valence-electron chi connectivity index (χ3n) is 5.68. The molecule has 1 amide bonds. The zero-order chi connectivity index (χ0) is 23.7. The van der Waals surface area contributed by atoms with E-state index in [0.29, 0.717) is 21.9 Å². The quantitative estimate of drug-likeness (QED) is 0.174. The highest BCUT2D eigenvalue weighted by Gasteiger charge is 2.24. The van der Waals surface area contributed by atoms with E-state index in [1.165, 1.54) is 17.0 Å². The lowest BCUT2D eigenvalue weighted by Crippen LogP contribution is -2.25. The second-order valence-electron chi connectivity index (χ2n) is 7.92. The average Bonchev–Trinajstić information content (AvgIpc) is 3.42. The van der Waals surface area contributed by atoms with Crippen LogP contribution in [-0.2, 0) is 24.2 Å². The Morgan fingerprint density at radius 3 is 2.71 bits per heavy atom. The third kappa shape index (κ3) is 4.34. The van der Waals surface area contributed by atoms with Crippen molar-refractivity contribution in [2.45, 2.75) is 31.0 Å². The number of carbonyl (C=O) groups excluding carboxylic acids is 1. The number of nitro benzene ring substituents is 1. The molecule has 2 aromatic carbocycles. The third-order valence-corrected chi connectivity index (χ3v) is 7.84. The fourth-order valence-electron chi connectivity index (χ4n) is 4.13. The molecule has 0 unspecified atom stereocenters. The first kappa shape index (κ1) is 22.3. The van der Waals surface area contributed by atoms with Crippen LogP contribution in [0.4, 0.5) is 11.4 Å². The summed E-state index contributed by atoms with van der Waals surface area (Å²) >= 11 is 2.71. The van der Waals surface area contributed by atoms with Gasteiger partial charge in [-0.1, -0.05) is 54.2 Å². The number of para-hydroxylation sites is 2. The van der Waals surface area contributed by atoms with Crippen LogP contribution in [0.15, 0.2) is 64.5 Å². The molecule has 8 nitrogen and oxygen atoms in total. The zero-order valence-corrected chi connectivity index (χ0v) is 19.7. The van der Waals surface area contributed by atoms with Gasteiger partial charge in [0.2, 0.25) is 5.91 Å². The van der Waals surface area contributed by atoms with E-state index in [4.69, 9.17) is 4.98 Å². The van der Waals surface area contributed by atoms with Crippen molar-refractivity contribution >= 4 is 50.6 Å². The maximum absolute atomic E-state index is 13.6. The molecule has 0 fully saturated rings. The molecule has 5 rings (SSSR count). The molecule has 10 heteroatoms. The molecule has 0 radical (unpaired) electrons. The lowest BCUT2D eigenvalue weighted by atomic mass is 10.2. The van der Waals surface area contributed by atoms with E-state index < -0.39 is 10.8 Å². The zero-order valence-electron chi connectivity index (χ0n) is 18.0. The number of thioether (sulfide) groups is 1. The summed E-state index contributed by atoms with van der Waals surface area (Å²) in [4.78, 5) is 43.6. The molecule has 1 N–H and O–H groups in total. The van der Waals surface area contributed by atoms with E-state index in [0.717, 1.165) is 42.2 Å². The standard InChI is InChI=1S/C24H20N4O4S2/c29-20(25-17-10-4-5-11-18(17)28(31)32)14-33-24-26-22-21(16-9-6-12-19(16)34-22)23(30)27(24)13-15-7-2-1-3-8-15/h1-5,7-8,10-11H,6,9,12-14H2,(H,25,29). The van der Waals surface area contributed by atoms with Crippen molar-refractivity contribution in [1.82, 2.24) is 9.55 Å². The predicted octanol–water partition coefficient (Wildman–Crippen LogP) is 4.63. The monoisotopic (exact) mass is 492 g/mol. The van der Waals surface area contributed by atoms with Crippen LogP contribution in [0.25, 0.3) is 10.2 Å². The Morgan fingerprint density at radius 1 is 1.15 bits per heavy atom. The highest BCUT2D eigenvalue weighted by Crippen LogP contribution is 2.35. The summed E-state index contributed by atoms with van der Waals surface area (Å²) in [7, 11) is 0. The van der Waals surface area contributed by atoms with Gasteiger partial charge in [-0.2, -0.15) is 0 Å². The summed E-state index contributed by atoms with van der Waals surface area (Å²) in [5.74, 6) is -0.447. The summed E-state index contributed by atoms with van der Waals surface area (Å²) in [5.41, 5.74) is 1.95. The molecule has 0 aliphatic heterocycles. The number of fused-ring (bicyclic) bond motifs is 3. The van der Waals surface area contributed by atoms with Gasteiger partial charge in [0.25, 0.3) is 11.2 Å². The molecule has 2 aromatic heterocycles. The van der Waals surface area contributed by atoms with Gasteiger partial charge in [0.15, 0.2) is 5.16 Å². The van der Waals surface area contributed by atoms with Gasteiger partial charge >= 0.3 is 0 Å². The van der Waals surface area contributed by atoms with Crippen molar-refractivity contribution in [3.63, 3.8) is 0 Å². The summed E-state index contributed by atoms with van der Waals surface area (Å²) in [6.07, 6.45) is 2.91. The maximum atomic E-state index is 13.6. The molecule has 0 spiro atoms. The number of aryl methyl sites for hydroxylation is 2. The van der Waals surface area contributed by atoms with Gasteiger partial charge in [-0.15, -0.1) is 11.3 Å². The van der Waals surface area contributed by atoms with Crippen molar-refractivity contribution in [3.8, 4) is 0 Å². The first-order valence-electron chi connectivity index (χ1n) is 10.8. The second-order valence-corrected chi connectivity index (χ2v) is 9.95. The van der Waals surface area contributed by atoms with Gasteiger partial charge in [-0.25, -0.2) is 4.98 Å². The second kappa shape index (κ2) is 9.40. The van der Waals surface area contributed by atoms with Gasteiger partial charge in [0, 0.05) is 10.9 Å². The van der Waals surface area contributed by atoms with Crippen LogP contribution in [0, 0.1) is 10.1 Å². The first-order valence-corrected chi connectivity index (χ1v) is 12.6. The molecule has 0 saturated carbocycles. The van der Waals surface area contributed by atoms with Crippen LogP contribution in [0.5, 0.6) is 0 Å². The largest absolute Gasteiger partial charge is 0.320 e. The molecule has 34 heavy (non-hydrogen) atoms. The maximum Gasteiger partial charge on any atom is 0.292 e. The summed E-state index contributed by atoms with van der Waals surface area (Å²) < 4.78 is 1.63. The summed E-state index contributed by atoms with van der Waals surface area (Å²) in [6, 6.07) is 15.6. The summed E-state index contributed by atoms with van der Waals surface area (Å²) in [5, 5.41) is 15.0. The number of aromatic nitrogens is 2. The molecule has 0 bridgehead atoms. The Kier molecular flexibility index (Phi) is 6.16. The number of hydrogen-bond acceptors (Lipinski definition) is 7. The number of benzene rings is 2. The van der Waals surface area contributed by atoms with Crippen LogP contribution >= 0.6 is 23.1 Å². The van der Waals surface area contributed by atoms with Crippen LogP contribution < -0.4 is 10.9 Å². The molecule has 172 valence electrons. The smallest absolute Gasteiger partial charge is 0.292 e. The Labute approximate surface area is 202 Å². The number of amides is 1. The van der Waals surface area contributed by atoms with Gasteiger partial charge in [-0.05, 0) is 36.5 Å². The normalized spacial score (nSPS) is 12.6. The molecular weight excluding hydrogens is 472 g/mol. The summed E-state index contributed by atoms with van der Waals surface area (Å²) in [6.45, 7) is 0.349. The highest BCUT2D eigenvalue weighted by molar-refractivity contribution is 7.99. The van der Waals surface area contributed by atoms with E-state index in [-0.39, 0.29) is 22.7 Å². The number of carbonyl (C=O) groups is 1. The molecular formula is C24H20N4O4S2. The van der Waals surface area contributed by atoms with Crippen molar-refractivity contribution in [2.75, 3.05) is 11.1 Å². The van der Waals surface area contributed by atoms with E-state index in [1.807, 2.05) is 30.3 Å². The molecule has 1 aliphatic rings. The molecule has 1 aliphatic carbocycles. The highest BCUT2D eigenvalue weighted by atomic mass is 32.2. The van der Waals surface area contributed by atoms with E-state index in [2.05, 4.69) is 5.32 Å². The SMILES string of the molecule is O=C(CSc1nc2sc3c(c2c(=O)n1Cc1ccccc1)CCC3)Nc1ccccc1[N+](=O)[O-]. The van der Waals surface area contributed by atoms with Crippen LogP contribution in [0.1, 0.15) is 22.4 Å². The number of nitrogens with zero attached hydrogens (tertiary/aromatic N) is 3. The number of nitro groups is 1. The first-order chi connectivity index (χ1) is 16.5. The minimum atomic E-state index is -0.536. The van der Waals surface area contributed by atoms with Gasteiger partial charge < -0.3 is 5.32 Å². The Hall–Kier alpha value is -3.50. The van der Waals surface area contributed by atoms with Crippen molar-refractivity contribution in [3.05, 3.63) is 91.1 Å². The van der Waals surface area contributed by atoms with Crippen LogP contribution in [0.3, 0.4) is 0 Å². The van der Waals surface area contributed by atoms with Gasteiger partial charge in [-0.3, -0.25) is 24.3 Å². The van der Waals surface area contributed by atoms with E-state index in [9.17, 15) is 19.7 Å². The molecule has 0 saturated heterocycles. The molecule has 2 heterocycles. The van der Waals surface area contributed by atoms with E-state index in [1.54, 1.807) is 28.0 Å². The number of thiophene rings is 1. The lowest BCUT2D eigenvalue weighted by molar-refractivity contribution is -0.383. The predicted molar refractivity (Wildman–Crippen MR) is 134 cm³/mol. The van der Waals surface area contributed by atoms with E-state index >= 15 is 0 Å². The molecule has 4 aromatic rings. The van der Waals surface area contributed by atoms with Crippen molar-refractivity contribution in [2.24, 2.45) is 0 Å². The number of rotatable bonds is 7. The fraction of sp³-hybridized carbons (Fsp3) is 0.208. The lowest BCUT2D eigenvalue weighted by Gasteiger charge is -2.13.